The van der Waals surface area contributed by atoms with Crippen LogP contribution < -0.4 is 4.74 Å². The highest BCUT2D eigenvalue weighted by Gasteiger charge is 2.13. The van der Waals surface area contributed by atoms with Crippen LogP contribution in [-0.2, 0) is 16.0 Å². The van der Waals surface area contributed by atoms with E-state index in [1.807, 2.05) is 18.2 Å². The fraction of sp³-hybridized carbons (Fsp3) is 0.556. The molecule has 0 radical (unpaired) electrons. The summed E-state index contributed by atoms with van der Waals surface area (Å²) in [5.41, 5.74) is 1.15. The molecule has 5 nitrogen and oxygen atoms in total. The number of methoxy groups -OCH3 is 2. The molecule has 0 aliphatic rings. The Morgan fingerprint density at radius 1 is 1.35 bits per heavy atom. The van der Waals surface area contributed by atoms with Crippen LogP contribution in [0.2, 0.25) is 0 Å². The Hall–Kier alpha value is -1.40. The van der Waals surface area contributed by atoms with Gasteiger partial charge in [0, 0.05) is 33.4 Å². The molecule has 130 valence electrons. The van der Waals surface area contributed by atoms with Gasteiger partial charge in [-0.3, -0.25) is 4.90 Å². The Morgan fingerprint density at radius 2 is 2.17 bits per heavy atom. The average molecular weight is 323 g/mol. The molecule has 0 aliphatic carbocycles. The summed E-state index contributed by atoms with van der Waals surface area (Å²) in [4.78, 5) is 2.20. The molecule has 0 aliphatic heterocycles. The van der Waals surface area contributed by atoms with Crippen LogP contribution >= 0.6 is 0 Å². The molecule has 0 bridgehead atoms. The van der Waals surface area contributed by atoms with Crippen molar-refractivity contribution in [3.05, 3.63) is 42.5 Å². The second-order valence-electron chi connectivity index (χ2n) is 5.41. The van der Waals surface area contributed by atoms with Gasteiger partial charge >= 0.3 is 0 Å². The summed E-state index contributed by atoms with van der Waals surface area (Å²) < 4.78 is 15.7. The van der Waals surface area contributed by atoms with E-state index < -0.39 is 6.10 Å². The summed E-state index contributed by atoms with van der Waals surface area (Å²) in [5.74, 6) is 0.842. The molecule has 0 spiro atoms. The average Bonchev–Trinajstić information content (AvgIpc) is 2.55. The van der Waals surface area contributed by atoms with Gasteiger partial charge in [0.05, 0.1) is 26.4 Å². The zero-order chi connectivity index (χ0) is 16.9. The van der Waals surface area contributed by atoms with Gasteiger partial charge < -0.3 is 19.3 Å². The van der Waals surface area contributed by atoms with E-state index in [1.54, 1.807) is 20.3 Å². The van der Waals surface area contributed by atoms with E-state index in [2.05, 4.69) is 17.5 Å². The molecule has 0 heterocycles. The minimum Gasteiger partial charge on any atom is -0.497 e. The first kappa shape index (κ1) is 19.6. The Balaban J connectivity index is 2.57. The Bertz CT molecular complexity index is 439. The number of hydrogen-bond donors (Lipinski definition) is 1. The quantitative estimate of drug-likeness (QED) is 0.445. The van der Waals surface area contributed by atoms with Crippen molar-refractivity contribution in [2.45, 2.75) is 19.1 Å². The van der Waals surface area contributed by atoms with Gasteiger partial charge in [-0.2, -0.15) is 0 Å². The van der Waals surface area contributed by atoms with E-state index in [9.17, 15) is 5.11 Å². The third kappa shape index (κ3) is 8.71. The molecule has 23 heavy (non-hydrogen) atoms. The molecule has 0 saturated heterocycles. The highest BCUT2D eigenvalue weighted by Crippen LogP contribution is 2.15. The molecule has 1 N–H and O–H groups in total. The number of aliphatic hydroxyl groups excluding tert-OH is 1. The zero-order valence-corrected chi connectivity index (χ0v) is 14.2. The van der Waals surface area contributed by atoms with Crippen molar-refractivity contribution in [2.75, 3.05) is 47.1 Å². The van der Waals surface area contributed by atoms with Gasteiger partial charge in [0.1, 0.15) is 5.75 Å². The van der Waals surface area contributed by atoms with Crippen LogP contribution in [0.15, 0.2) is 36.9 Å². The van der Waals surface area contributed by atoms with Crippen molar-refractivity contribution in [1.29, 1.82) is 0 Å². The van der Waals surface area contributed by atoms with E-state index >= 15 is 0 Å². The number of ether oxygens (including phenoxy) is 3. The fourth-order valence-corrected chi connectivity index (χ4v) is 2.33. The minimum absolute atomic E-state index is 0.310. The van der Waals surface area contributed by atoms with Gasteiger partial charge in [-0.1, -0.05) is 18.2 Å². The van der Waals surface area contributed by atoms with E-state index in [1.165, 1.54) is 0 Å². The Morgan fingerprint density at radius 3 is 2.87 bits per heavy atom. The van der Waals surface area contributed by atoms with Crippen LogP contribution in [0, 0.1) is 0 Å². The first-order valence-corrected chi connectivity index (χ1v) is 7.90. The van der Waals surface area contributed by atoms with E-state index in [-0.39, 0.29) is 0 Å². The molecule has 0 unspecified atom stereocenters. The predicted octanol–water partition coefficient (Wildman–Crippen LogP) is 2.10. The second-order valence-corrected chi connectivity index (χ2v) is 5.41. The van der Waals surface area contributed by atoms with E-state index in [4.69, 9.17) is 14.2 Å². The molecule has 0 saturated carbocycles. The summed E-state index contributed by atoms with van der Waals surface area (Å²) in [6.45, 7) is 7.22. The third-order valence-electron chi connectivity index (χ3n) is 3.38. The Labute approximate surface area is 139 Å². The summed E-state index contributed by atoms with van der Waals surface area (Å²) in [5, 5.41) is 10.1. The van der Waals surface area contributed by atoms with Gasteiger partial charge in [-0.15, -0.1) is 6.58 Å². The lowest BCUT2D eigenvalue weighted by atomic mass is 10.2. The minimum atomic E-state index is -0.525. The van der Waals surface area contributed by atoms with Crippen LogP contribution in [0.1, 0.15) is 12.0 Å². The number of benzene rings is 1. The van der Waals surface area contributed by atoms with Crippen molar-refractivity contribution in [3.8, 4) is 5.75 Å². The van der Waals surface area contributed by atoms with E-state index in [0.29, 0.717) is 26.4 Å². The summed E-state index contributed by atoms with van der Waals surface area (Å²) in [6.07, 6.45) is 2.07. The molecular weight excluding hydrogens is 294 g/mol. The molecular formula is C18H29NO4. The highest BCUT2D eigenvalue weighted by molar-refractivity contribution is 5.28. The third-order valence-corrected chi connectivity index (χ3v) is 3.38. The molecule has 0 amide bonds. The Kier molecular flexibility index (Phi) is 10.3. The van der Waals surface area contributed by atoms with Gasteiger partial charge in [0.2, 0.25) is 0 Å². The lowest BCUT2D eigenvalue weighted by molar-refractivity contribution is 0.0229. The highest BCUT2D eigenvalue weighted by atomic mass is 16.5. The van der Waals surface area contributed by atoms with Crippen molar-refractivity contribution < 1.29 is 19.3 Å². The molecule has 1 aromatic rings. The maximum absolute atomic E-state index is 10.1. The lowest BCUT2D eigenvalue weighted by Gasteiger charge is -2.25. The topological polar surface area (TPSA) is 51.2 Å². The van der Waals surface area contributed by atoms with Gasteiger partial charge in [0.25, 0.3) is 0 Å². The van der Waals surface area contributed by atoms with Gasteiger partial charge in [-0.25, -0.2) is 0 Å². The van der Waals surface area contributed by atoms with Crippen molar-refractivity contribution in [3.63, 3.8) is 0 Å². The van der Waals surface area contributed by atoms with Crippen LogP contribution in [0.4, 0.5) is 0 Å². The largest absolute Gasteiger partial charge is 0.497 e. The number of rotatable bonds is 13. The van der Waals surface area contributed by atoms with Crippen LogP contribution in [0.5, 0.6) is 5.75 Å². The molecule has 0 aromatic heterocycles. The number of nitrogens with zero attached hydrogens (tertiary/aromatic N) is 1. The molecule has 0 fully saturated rings. The van der Waals surface area contributed by atoms with Crippen molar-refractivity contribution in [1.82, 2.24) is 4.90 Å². The number of hydrogen-bond acceptors (Lipinski definition) is 5. The molecule has 1 rings (SSSR count). The SMILES string of the molecule is C=CCOC[C@@H](O)CN(CCCOC)Cc1cccc(OC)c1. The zero-order valence-electron chi connectivity index (χ0n) is 14.2. The first-order chi connectivity index (χ1) is 11.2. The predicted molar refractivity (Wildman–Crippen MR) is 91.8 cm³/mol. The lowest BCUT2D eigenvalue weighted by Crippen LogP contribution is -2.35. The van der Waals surface area contributed by atoms with Crippen LogP contribution in [-0.4, -0.2) is 63.2 Å². The normalized spacial score (nSPS) is 12.3. The molecule has 1 aromatic carbocycles. The van der Waals surface area contributed by atoms with Crippen molar-refractivity contribution >= 4 is 0 Å². The van der Waals surface area contributed by atoms with E-state index in [0.717, 1.165) is 30.8 Å². The summed E-state index contributed by atoms with van der Waals surface area (Å²) in [6, 6.07) is 7.98. The smallest absolute Gasteiger partial charge is 0.119 e. The van der Waals surface area contributed by atoms with Crippen LogP contribution in [0.25, 0.3) is 0 Å². The van der Waals surface area contributed by atoms with Crippen molar-refractivity contribution in [2.24, 2.45) is 0 Å². The first-order valence-electron chi connectivity index (χ1n) is 7.90. The number of aliphatic hydroxyl groups is 1. The monoisotopic (exact) mass is 323 g/mol. The standard InChI is InChI=1S/C18H29NO4/c1-4-10-23-15-17(20)14-19(9-6-11-21-2)13-16-7-5-8-18(12-16)22-3/h4-5,7-8,12,17,20H,1,6,9-11,13-15H2,2-3H3/t17-/m0/s1. The van der Waals surface area contributed by atoms with Gasteiger partial charge in [-0.05, 0) is 24.1 Å². The molecule has 5 heteroatoms. The maximum Gasteiger partial charge on any atom is 0.119 e. The van der Waals surface area contributed by atoms with Crippen LogP contribution in [0.3, 0.4) is 0 Å². The maximum atomic E-state index is 10.1. The van der Waals surface area contributed by atoms with Gasteiger partial charge in [0.15, 0.2) is 0 Å². The fourth-order valence-electron chi connectivity index (χ4n) is 2.33. The molecule has 1 atom stereocenters. The summed E-state index contributed by atoms with van der Waals surface area (Å²) >= 11 is 0. The second kappa shape index (κ2) is 12.1. The summed E-state index contributed by atoms with van der Waals surface area (Å²) in [7, 11) is 3.36.